The Balaban J connectivity index is 1.60. The van der Waals surface area contributed by atoms with Gasteiger partial charge in [-0.3, -0.25) is 14.5 Å². The van der Waals surface area contributed by atoms with E-state index in [1.807, 2.05) is 12.3 Å². The van der Waals surface area contributed by atoms with E-state index < -0.39 is 0 Å². The smallest absolute Gasteiger partial charge is 0.157 e. The zero-order valence-corrected chi connectivity index (χ0v) is 14.4. The standard InChI is InChI=1S/C19H21N3O4/c23-9-16-18(24)7-20-8-19(16)26-10-13-3-1-2-4-15(13)17-5-6-21-22(17)14-11-25-12-14/h5-9,14,24H,1-4,10-12H2. The molecule has 0 spiro atoms. The topological polar surface area (TPSA) is 86.5 Å². The summed E-state index contributed by atoms with van der Waals surface area (Å²) in [6.07, 6.45) is 9.30. The van der Waals surface area contributed by atoms with Crippen LogP contribution in [0.3, 0.4) is 0 Å². The van der Waals surface area contributed by atoms with Crippen molar-refractivity contribution < 1.29 is 19.4 Å². The van der Waals surface area contributed by atoms with Gasteiger partial charge in [0, 0.05) is 6.20 Å². The first kappa shape index (κ1) is 16.8. The fourth-order valence-corrected chi connectivity index (χ4v) is 3.48. The number of allylic oxidation sites excluding steroid dienone is 1. The molecule has 0 bridgehead atoms. The molecule has 1 N–H and O–H groups in total. The van der Waals surface area contributed by atoms with Crippen LogP contribution in [0.1, 0.15) is 47.8 Å². The largest absolute Gasteiger partial charge is 0.505 e. The van der Waals surface area contributed by atoms with Gasteiger partial charge in [-0.05, 0) is 42.9 Å². The van der Waals surface area contributed by atoms with Gasteiger partial charge in [-0.25, -0.2) is 0 Å². The van der Waals surface area contributed by atoms with Gasteiger partial charge >= 0.3 is 0 Å². The van der Waals surface area contributed by atoms with Crippen LogP contribution in [0.2, 0.25) is 0 Å². The molecule has 0 aromatic carbocycles. The Labute approximate surface area is 151 Å². The number of pyridine rings is 1. The van der Waals surface area contributed by atoms with E-state index in [0.717, 1.165) is 31.4 Å². The number of carbonyl (C=O) groups is 1. The van der Waals surface area contributed by atoms with E-state index in [9.17, 15) is 9.90 Å². The maximum atomic E-state index is 11.2. The van der Waals surface area contributed by atoms with Crippen molar-refractivity contribution in [2.75, 3.05) is 19.8 Å². The second-order valence-electron chi connectivity index (χ2n) is 6.62. The zero-order valence-electron chi connectivity index (χ0n) is 14.4. The van der Waals surface area contributed by atoms with Gasteiger partial charge in [0.1, 0.15) is 17.9 Å². The maximum Gasteiger partial charge on any atom is 0.157 e. The first-order valence-corrected chi connectivity index (χ1v) is 8.85. The predicted octanol–water partition coefficient (Wildman–Crippen LogP) is 2.77. The highest BCUT2D eigenvalue weighted by molar-refractivity contribution is 5.82. The van der Waals surface area contributed by atoms with E-state index >= 15 is 0 Å². The highest BCUT2D eigenvalue weighted by Gasteiger charge is 2.26. The van der Waals surface area contributed by atoms with Gasteiger partial charge in [-0.1, -0.05) is 0 Å². The van der Waals surface area contributed by atoms with E-state index in [0.29, 0.717) is 37.9 Å². The Morgan fingerprint density at radius 3 is 2.92 bits per heavy atom. The first-order valence-electron chi connectivity index (χ1n) is 8.85. The summed E-state index contributed by atoms with van der Waals surface area (Å²) in [5, 5.41) is 14.2. The van der Waals surface area contributed by atoms with Crippen molar-refractivity contribution in [1.29, 1.82) is 0 Å². The van der Waals surface area contributed by atoms with Gasteiger partial charge in [0.25, 0.3) is 0 Å². The number of hydrogen-bond acceptors (Lipinski definition) is 6. The minimum absolute atomic E-state index is 0.134. The number of aldehydes is 1. The molecule has 1 aliphatic heterocycles. The average Bonchev–Trinajstić information content (AvgIpc) is 3.07. The van der Waals surface area contributed by atoms with Gasteiger partial charge in [0.15, 0.2) is 12.0 Å². The molecule has 1 aliphatic carbocycles. The number of nitrogens with zero attached hydrogens (tertiary/aromatic N) is 3. The van der Waals surface area contributed by atoms with E-state index in [1.165, 1.54) is 23.5 Å². The molecule has 2 aliphatic rings. The Kier molecular flexibility index (Phi) is 4.71. The summed E-state index contributed by atoms with van der Waals surface area (Å²) >= 11 is 0. The first-order chi connectivity index (χ1) is 12.8. The quantitative estimate of drug-likeness (QED) is 0.802. The Morgan fingerprint density at radius 1 is 1.31 bits per heavy atom. The van der Waals surface area contributed by atoms with Crippen LogP contribution in [-0.2, 0) is 4.74 Å². The lowest BCUT2D eigenvalue weighted by atomic mass is 9.90. The lowest BCUT2D eigenvalue weighted by Crippen LogP contribution is -2.32. The second-order valence-corrected chi connectivity index (χ2v) is 6.62. The third-order valence-corrected chi connectivity index (χ3v) is 4.98. The van der Waals surface area contributed by atoms with Gasteiger partial charge < -0.3 is 14.6 Å². The monoisotopic (exact) mass is 355 g/mol. The SMILES string of the molecule is O=Cc1c(O)cncc1OCC1=C(c2ccnn2C2COC2)CCCC1. The lowest BCUT2D eigenvalue weighted by Gasteiger charge is -2.29. The number of rotatable bonds is 6. The normalized spacial score (nSPS) is 17.8. The van der Waals surface area contributed by atoms with E-state index in [1.54, 1.807) is 0 Å². The van der Waals surface area contributed by atoms with Crippen LogP contribution in [0, 0.1) is 0 Å². The van der Waals surface area contributed by atoms with Crippen LogP contribution in [-0.4, -0.2) is 46.0 Å². The van der Waals surface area contributed by atoms with Crippen LogP contribution in [0.25, 0.3) is 5.57 Å². The third-order valence-electron chi connectivity index (χ3n) is 4.98. The molecule has 3 heterocycles. The summed E-state index contributed by atoms with van der Waals surface area (Å²) < 4.78 is 13.2. The van der Waals surface area contributed by atoms with Crippen LogP contribution in [0.15, 0.2) is 30.2 Å². The average molecular weight is 355 g/mol. The van der Waals surface area contributed by atoms with Crippen molar-refractivity contribution in [3.63, 3.8) is 0 Å². The van der Waals surface area contributed by atoms with E-state index in [2.05, 4.69) is 14.8 Å². The molecule has 2 aromatic rings. The second kappa shape index (κ2) is 7.29. The molecule has 7 nitrogen and oxygen atoms in total. The molecule has 0 saturated carbocycles. The number of aromatic hydroxyl groups is 1. The molecular formula is C19H21N3O4. The Hall–Kier alpha value is -2.67. The van der Waals surface area contributed by atoms with Crippen LogP contribution in [0.5, 0.6) is 11.5 Å². The van der Waals surface area contributed by atoms with Crippen LogP contribution >= 0.6 is 0 Å². The highest BCUT2D eigenvalue weighted by atomic mass is 16.5. The summed E-state index contributed by atoms with van der Waals surface area (Å²) in [5.41, 5.74) is 3.73. The van der Waals surface area contributed by atoms with Crippen molar-refractivity contribution in [2.45, 2.75) is 31.7 Å². The van der Waals surface area contributed by atoms with E-state index in [4.69, 9.17) is 9.47 Å². The summed E-state index contributed by atoms with van der Waals surface area (Å²) in [6, 6.07) is 2.35. The molecule has 0 unspecified atom stereocenters. The predicted molar refractivity (Wildman–Crippen MR) is 94.3 cm³/mol. The Bertz CT molecular complexity index is 839. The fourth-order valence-electron chi connectivity index (χ4n) is 3.48. The molecule has 26 heavy (non-hydrogen) atoms. The zero-order chi connectivity index (χ0) is 17.9. The molecule has 1 fully saturated rings. The van der Waals surface area contributed by atoms with Crippen LogP contribution in [0.4, 0.5) is 0 Å². The molecule has 4 rings (SSSR count). The molecule has 0 radical (unpaired) electrons. The third kappa shape index (κ3) is 3.10. The minimum Gasteiger partial charge on any atom is -0.505 e. The van der Waals surface area contributed by atoms with Crippen molar-refractivity contribution in [3.8, 4) is 11.5 Å². The summed E-state index contributed by atoms with van der Waals surface area (Å²) in [4.78, 5) is 15.1. The van der Waals surface area contributed by atoms with Gasteiger partial charge in [-0.15, -0.1) is 0 Å². The number of aromatic nitrogens is 3. The summed E-state index contributed by atoms with van der Waals surface area (Å²) in [6.45, 7) is 1.77. The summed E-state index contributed by atoms with van der Waals surface area (Å²) in [5.74, 6) is 0.136. The van der Waals surface area contributed by atoms with Gasteiger partial charge in [0.2, 0.25) is 0 Å². The molecular weight excluding hydrogens is 334 g/mol. The Morgan fingerprint density at radius 2 is 2.15 bits per heavy atom. The molecule has 0 amide bonds. The van der Waals surface area contributed by atoms with Crippen molar-refractivity contribution >= 4 is 11.9 Å². The van der Waals surface area contributed by atoms with Crippen molar-refractivity contribution in [1.82, 2.24) is 14.8 Å². The fraction of sp³-hybridized carbons (Fsp3) is 0.421. The number of hydrogen-bond donors (Lipinski definition) is 1. The maximum absolute atomic E-state index is 11.2. The number of carbonyl (C=O) groups excluding carboxylic acids is 1. The van der Waals surface area contributed by atoms with Gasteiger partial charge in [-0.2, -0.15) is 5.10 Å². The summed E-state index contributed by atoms with van der Waals surface area (Å²) in [7, 11) is 0. The molecule has 1 saturated heterocycles. The van der Waals surface area contributed by atoms with E-state index in [-0.39, 0.29) is 11.3 Å². The molecule has 0 atom stereocenters. The molecule has 136 valence electrons. The highest BCUT2D eigenvalue weighted by Crippen LogP contribution is 2.35. The van der Waals surface area contributed by atoms with Gasteiger partial charge in [0.05, 0.1) is 37.3 Å². The minimum atomic E-state index is -0.168. The van der Waals surface area contributed by atoms with Crippen molar-refractivity contribution in [3.05, 3.63) is 41.5 Å². The number of ether oxygens (including phenoxy) is 2. The van der Waals surface area contributed by atoms with Crippen LogP contribution < -0.4 is 4.74 Å². The lowest BCUT2D eigenvalue weighted by molar-refractivity contribution is -0.0290. The van der Waals surface area contributed by atoms with Crippen molar-refractivity contribution in [2.24, 2.45) is 0 Å². The molecule has 7 heteroatoms. The molecule has 2 aromatic heterocycles.